The number of hydrogen-bond acceptors (Lipinski definition) is 8. The van der Waals surface area contributed by atoms with E-state index in [0.29, 0.717) is 17.4 Å². The first-order valence-electron chi connectivity index (χ1n) is 39.6. The monoisotopic (exact) mass is 1310 g/mol. The highest BCUT2D eigenvalue weighted by atomic mass is 31.2. The van der Waals surface area contributed by atoms with E-state index in [9.17, 15) is 19.0 Å². The summed E-state index contributed by atoms with van der Waals surface area (Å²) in [5.41, 5.74) is 0. The van der Waals surface area contributed by atoms with Gasteiger partial charge in [0.15, 0.2) is 6.10 Å². The molecule has 2 unspecified atom stereocenters. The molecule has 9 nitrogen and oxygen atoms in total. The number of phosphoric ester groups is 1. The number of hydrogen-bond donors (Lipinski definition) is 0. The lowest BCUT2D eigenvalue weighted by molar-refractivity contribution is -0.870. The fourth-order valence-electron chi connectivity index (χ4n) is 11.6. The Morgan fingerprint density at radius 2 is 0.587 bits per heavy atom. The Morgan fingerprint density at radius 1 is 0.337 bits per heavy atom. The number of quaternary nitrogens is 1. The Labute approximate surface area is 571 Å². The second-order valence-electron chi connectivity index (χ2n) is 28.1. The van der Waals surface area contributed by atoms with Crippen LogP contribution in [0.15, 0.2) is 72.9 Å². The van der Waals surface area contributed by atoms with Gasteiger partial charge in [0.05, 0.1) is 27.7 Å². The molecule has 0 aromatic rings. The summed E-state index contributed by atoms with van der Waals surface area (Å²) in [6, 6.07) is 0. The summed E-state index contributed by atoms with van der Waals surface area (Å²) in [7, 11) is 1.18. The molecule has 0 radical (unpaired) electrons. The molecular weight excluding hydrogens is 1160 g/mol. The van der Waals surface area contributed by atoms with Crippen molar-refractivity contribution in [1.82, 2.24) is 0 Å². The number of allylic oxidation sites excluding steroid dienone is 12. The third-order valence-corrected chi connectivity index (χ3v) is 18.7. The van der Waals surface area contributed by atoms with Gasteiger partial charge in [0.25, 0.3) is 7.82 Å². The topological polar surface area (TPSA) is 111 Å². The summed E-state index contributed by atoms with van der Waals surface area (Å²) in [6.07, 6.45) is 98.8. The van der Waals surface area contributed by atoms with Crippen molar-refractivity contribution < 1.29 is 42.1 Å². The van der Waals surface area contributed by atoms with Gasteiger partial charge in [0.2, 0.25) is 0 Å². The molecule has 0 rings (SSSR count). The predicted molar refractivity (Wildman–Crippen MR) is 397 cm³/mol. The van der Waals surface area contributed by atoms with Gasteiger partial charge >= 0.3 is 11.9 Å². The van der Waals surface area contributed by atoms with Crippen molar-refractivity contribution in [1.29, 1.82) is 0 Å². The van der Waals surface area contributed by atoms with Crippen LogP contribution >= 0.6 is 7.82 Å². The maximum atomic E-state index is 12.9. The van der Waals surface area contributed by atoms with Crippen molar-refractivity contribution in [3.05, 3.63) is 72.9 Å². The molecule has 0 aromatic heterocycles. The third kappa shape index (κ3) is 76.5. The van der Waals surface area contributed by atoms with Crippen LogP contribution in [0.25, 0.3) is 0 Å². The van der Waals surface area contributed by atoms with Crippen LogP contribution in [0, 0.1) is 0 Å². The van der Waals surface area contributed by atoms with E-state index in [0.717, 1.165) is 57.8 Å². The molecule has 10 heteroatoms. The Bertz CT molecular complexity index is 1780. The molecule has 0 aliphatic rings. The van der Waals surface area contributed by atoms with E-state index in [4.69, 9.17) is 18.5 Å². The normalized spacial score (nSPS) is 13.4. The Morgan fingerprint density at radius 3 is 0.870 bits per heavy atom. The van der Waals surface area contributed by atoms with E-state index in [1.807, 2.05) is 21.1 Å². The Hall–Kier alpha value is -2.55. The van der Waals surface area contributed by atoms with Crippen molar-refractivity contribution >= 4 is 19.8 Å². The first-order chi connectivity index (χ1) is 45.0. The molecule has 538 valence electrons. The lowest BCUT2D eigenvalue weighted by atomic mass is 10.0. The smallest absolute Gasteiger partial charge is 0.306 e. The molecule has 0 fully saturated rings. The van der Waals surface area contributed by atoms with E-state index >= 15 is 0 Å². The maximum Gasteiger partial charge on any atom is 0.306 e. The maximum absolute atomic E-state index is 12.9. The second kappa shape index (κ2) is 72.7. The first-order valence-corrected chi connectivity index (χ1v) is 41.1. The molecule has 0 bridgehead atoms. The number of esters is 2. The molecule has 0 N–H and O–H groups in total. The van der Waals surface area contributed by atoms with Crippen LogP contribution in [0.2, 0.25) is 0 Å². The zero-order valence-corrected chi connectivity index (χ0v) is 62.4. The van der Waals surface area contributed by atoms with Gasteiger partial charge in [-0.15, -0.1) is 0 Å². The fourth-order valence-corrected chi connectivity index (χ4v) is 12.3. The van der Waals surface area contributed by atoms with Crippen LogP contribution < -0.4 is 4.89 Å². The van der Waals surface area contributed by atoms with Crippen LogP contribution in [0.4, 0.5) is 0 Å². The average Bonchev–Trinajstić information content (AvgIpc) is 2.23. The summed E-state index contributed by atoms with van der Waals surface area (Å²) in [5.74, 6) is -0.818. The molecule has 0 saturated carbocycles. The van der Waals surface area contributed by atoms with E-state index in [-0.39, 0.29) is 32.0 Å². The van der Waals surface area contributed by atoms with E-state index in [1.54, 1.807) is 0 Å². The second-order valence-corrected chi connectivity index (χ2v) is 29.5. The number of phosphoric acid groups is 1. The largest absolute Gasteiger partial charge is 0.756 e. The molecule has 0 aliphatic carbocycles. The van der Waals surface area contributed by atoms with Gasteiger partial charge in [-0.2, -0.15) is 0 Å². The van der Waals surface area contributed by atoms with Gasteiger partial charge < -0.3 is 27.9 Å². The van der Waals surface area contributed by atoms with E-state index in [1.165, 1.54) is 295 Å². The van der Waals surface area contributed by atoms with Gasteiger partial charge in [0, 0.05) is 12.8 Å². The zero-order chi connectivity index (χ0) is 66.9. The Kier molecular flexibility index (Phi) is 70.7. The summed E-state index contributed by atoms with van der Waals surface area (Å²) in [6.45, 7) is 4.27. The number of ether oxygens (including phenoxy) is 2. The van der Waals surface area contributed by atoms with Gasteiger partial charge in [-0.05, 0) is 89.9 Å². The van der Waals surface area contributed by atoms with Gasteiger partial charge in [0.1, 0.15) is 19.8 Å². The summed E-state index contributed by atoms with van der Waals surface area (Å²) in [5, 5.41) is 0. The quantitative estimate of drug-likeness (QED) is 0.0195. The van der Waals surface area contributed by atoms with Crippen molar-refractivity contribution in [3.8, 4) is 0 Å². The molecule has 0 aliphatic heterocycles. The van der Waals surface area contributed by atoms with Crippen LogP contribution in [-0.2, 0) is 32.7 Å². The minimum absolute atomic E-state index is 0.0305. The van der Waals surface area contributed by atoms with E-state index < -0.39 is 26.5 Å². The van der Waals surface area contributed by atoms with Crippen LogP contribution in [-0.4, -0.2) is 70.0 Å². The highest BCUT2D eigenvalue weighted by Crippen LogP contribution is 2.38. The highest BCUT2D eigenvalue weighted by molar-refractivity contribution is 7.45. The molecule has 0 spiro atoms. The number of likely N-dealkylation sites (N-methyl/N-ethyl adjacent to an activating group) is 1. The standard InChI is InChI=1S/C82H152NO8P/c1-6-8-10-12-14-16-18-20-22-24-26-28-30-32-34-35-36-37-38-39-40-41-42-43-44-45-46-47-49-51-53-55-57-59-61-63-65-67-69-71-73-75-82(85)91-80(79-90-92(86,87)89-77-76-83(3,4)5)78-88-81(84)74-72-70-68-66-64-62-60-58-56-54-52-50-48-33-31-29-27-25-23-21-19-17-15-13-11-9-7-2/h18-21,24-27,30-33,80H,6-17,22-23,28-29,34-79H2,1-5H3/b20-18-,21-19-,26-24-,27-25-,32-30-,33-31-. The third-order valence-electron chi connectivity index (χ3n) is 17.7. The lowest BCUT2D eigenvalue weighted by Gasteiger charge is -2.28. The molecule has 0 saturated heterocycles. The van der Waals surface area contributed by atoms with Crippen molar-refractivity contribution in [3.63, 3.8) is 0 Å². The lowest BCUT2D eigenvalue weighted by Crippen LogP contribution is -2.37. The zero-order valence-electron chi connectivity index (χ0n) is 61.5. The fraction of sp³-hybridized carbons (Fsp3) is 0.829. The summed E-state index contributed by atoms with van der Waals surface area (Å²) in [4.78, 5) is 38.1. The van der Waals surface area contributed by atoms with Crippen LogP contribution in [0.5, 0.6) is 0 Å². The molecule has 0 heterocycles. The van der Waals surface area contributed by atoms with Gasteiger partial charge in [-0.3, -0.25) is 14.2 Å². The van der Waals surface area contributed by atoms with Gasteiger partial charge in [-0.1, -0.05) is 356 Å². The molecule has 2 atom stereocenters. The molecule has 0 aromatic carbocycles. The number of carbonyl (C=O) groups excluding carboxylic acids is 2. The average molecular weight is 1310 g/mol. The minimum atomic E-state index is -4.65. The van der Waals surface area contributed by atoms with Crippen LogP contribution in [0.1, 0.15) is 386 Å². The van der Waals surface area contributed by atoms with Crippen molar-refractivity contribution in [2.24, 2.45) is 0 Å². The van der Waals surface area contributed by atoms with Crippen molar-refractivity contribution in [2.75, 3.05) is 47.5 Å². The molecule has 92 heavy (non-hydrogen) atoms. The number of unbranched alkanes of at least 4 members (excludes halogenated alkanes) is 48. The SMILES string of the molecule is CCCCCCC/C=C\C/C=C\C/C=C\CCCCCCCCCCCCCCCCCCCCCCCCCCCCC(=O)OC(COC(=O)CCCCCCCCCCCCCC/C=C\C/C=C\C/C=C\CCCCCCC)COP(=O)([O-])OCC[N+](C)(C)C. The van der Waals surface area contributed by atoms with Crippen LogP contribution in [0.3, 0.4) is 0 Å². The van der Waals surface area contributed by atoms with Crippen molar-refractivity contribution in [2.45, 2.75) is 392 Å². The number of carbonyl (C=O) groups is 2. The highest BCUT2D eigenvalue weighted by Gasteiger charge is 2.22. The summed E-state index contributed by atoms with van der Waals surface area (Å²) < 4.78 is 34.4. The Balaban J connectivity index is 3.91. The van der Waals surface area contributed by atoms with Gasteiger partial charge in [-0.25, -0.2) is 0 Å². The minimum Gasteiger partial charge on any atom is -0.756 e. The van der Waals surface area contributed by atoms with E-state index in [2.05, 4.69) is 86.8 Å². The molecule has 0 amide bonds. The first kappa shape index (κ1) is 89.5. The number of nitrogens with zero attached hydrogens (tertiary/aromatic N) is 1. The number of rotatable bonds is 74. The molecular formula is C82H152NO8P. The predicted octanol–water partition coefficient (Wildman–Crippen LogP) is 25.7. The summed E-state index contributed by atoms with van der Waals surface area (Å²) >= 11 is 0.